The second-order valence-corrected chi connectivity index (χ2v) is 5.04. The molecule has 0 spiro atoms. The third-order valence-electron chi connectivity index (χ3n) is 2.69. The first-order chi connectivity index (χ1) is 8.30. The molecule has 19 heavy (non-hydrogen) atoms. The van der Waals surface area contributed by atoms with E-state index < -0.39 is 30.4 Å². The predicted molar refractivity (Wildman–Crippen MR) is 60.2 cm³/mol. The molecule has 0 aliphatic carbocycles. The topological polar surface area (TPSA) is 70.5 Å². The molecule has 1 unspecified atom stereocenters. The van der Waals surface area contributed by atoms with E-state index in [2.05, 4.69) is 4.98 Å². The molecule has 1 atom stereocenters. The first-order valence-electron chi connectivity index (χ1n) is 5.18. The van der Waals surface area contributed by atoms with E-state index in [4.69, 9.17) is 5.11 Å². The Balaban J connectivity index is 0.00000180. The fraction of sp³-hybridized carbons (Fsp3) is 0.500. The van der Waals surface area contributed by atoms with Gasteiger partial charge in [0.2, 0.25) is 5.01 Å². The maximum absolute atomic E-state index is 13.1. The summed E-state index contributed by atoms with van der Waals surface area (Å²) in [6.45, 7) is 0.885. The van der Waals surface area contributed by atoms with Gasteiger partial charge >= 0.3 is 24.8 Å². The second kappa shape index (κ2) is 5.57. The number of nitrogens with zero attached hydrogens (tertiary/aromatic N) is 2. The third kappa shape index (κ3) is 3.32. The van der Waals surface area contributed by atoms with Crippen molar-refractivity contribution in [3.63, 3.8) is 0 Å². The monoisotopic (exact) mass is 284 g/mol. The molecule has 2 rings (SSSR count). The number of halogens is 2. The number of aromatic carboxylic acids is 1. The van der Waals surface area contributed by atoms with Gasteiger partial charge in [-0.1, -0.05) is 0 Å². The molecule has 1 aromatic rings. The van der Waals surface area contributed by atoms with Gasteiger partial charge in [-0.15, -0.1) is 11.3 Å². The summed E-state index contributed by atoms with van der Waals surface area (Å²) >= 11 is 0.800. The third-order valence-corrected chi connectivity index (χ3v) is 3.53. The molecule has 0 saturated carbocycles. The Morgan fingerprint density at radius 3 is 2.68 bits per heavy atom. The normalized spacial score (nSPS) is 21.0. The Bertz CT molecular complexity index is 514. The molecule has 1 saturated heterocycles. The summed E-state index contributed by atoms with van der Waals surface area (Å²) in [5.74, 6) is -4.77. The number of thiazole rings is 1. The molecule has 0 radical (unpaired) electrons. The summed E-state index contributed by atoms with van der Waals surface area (Å²) in [4.78, 5) is 27.2. The summed E-state index contributed by atoms with van der Waals surface area (Å²) in [6, 6.07) is -0.581. The Kier molecular flexibility index (Phi) is 4.71. The zero-order valence-electron chi connectivity index (χ0n) is 11.4. The molecule has 1 N–H and O–H groups in total. The standard InChI is InChI=1S/C10H10F2N2O3S.Li.H/c1-5-2-10(11,12)4-14(5)8(15)6-3-18-7(13-6)9(16)17;;/h3,5H,2,4H2,1H3,(H,16,17);;/q;+1;-1. The quantitative estimate of drug-likeness (QED) is 0.695. The molecule has 100 valence electrons. The van der Waals surface area contributed by atoms with Gasteiger partial charge in [0.25, 0.3) is 11.8 Å². The van der Waals surface area contributed by atoms with Crippen LogP contribution in [-0.4, -0.2) is 45.4 Å². The minimum Gasteiger partial charge on any atom is -1.00 e. The number of amides is 1. The first kappa shape index (κ1) is 16.1. The largest absolute Gasteiger partial charge is 1.00 e. The van der Waals surface area contributed by atoms with Gasteiger partial charge in [0.15, 0.2) is 0 Å². The summed E-state index contributed by atoms with van der Waals surface area (Å²) in [7, 11) is 0. The van der Waals surface area contributed by atoms with E-state index in [9.17, 15) is 18.4 Å². The summed E-state index contributed by atoms with van der Waals surface area (Å²) < 4.78 is 26.3. The number of aromatic nitrogens is 1. The fourth-order valence-corrected chi connectivity index (χ4v) is 2.53. The summed E-state index contributed by atoms with van der Waals surface area (Å²) in [6.07, 6.45) is -0.380. The van der Waals surface area contributed by atoms with Gasteiger partial charge in [0.05, 0.1) is 6.54 Å². The number of carbonyl (C=O) groups excluding carboxylic acids is 1. The smallest absolute Gasteiger partial charge is 1.00 e. The molecule has 9 heteroatoms. The number of alkyl halides is 2. The van der Waals surface area contributed by atoms with Crippen molar-refractivity contribution in [3.05, 3.63) is 16.1 Å². The van der Waals surface area contributed by atoms with Crippen LogP contribution < -0.4 is 18.9 Å². The molecule has 5 nitrogen and oxygen atoms in total. The van der Waals surface area contributed by atoms with Crippen LogP contribution in [0.2, 0.25) is 0 Å². The maximum Gasteiger partial charge on any atom is 1.00 e. The fourth-order valence-electron chi connectivity index (χ4n) is 1.90. The van der Waals surface area contributed by atoms with Gasteiger partial charge in [-0.3, -0.25) is 4.79 Å². The van der Waals surface area contributed by atoms with Crippen molar-refractivity contribution in [3.8, 4) is 0 Å². The van der Waals surface area contributed by atoms with Crippen molar-refractivity contribution in [2.45, 2.75) is 25.3 Å². The minimum absolute atomic E-state index is 0. The average Bonchev–Trinajstić information content (AvgIpc) is 2.81. The van der Waals surface area contributed by atoms with Crippen molar-refractivity contribution >= 4 is 23.2 Å². The molecule has 1 fully saturated rings. The predicted octanol–water partition coefficient (Wildman–Crippen LogP) is -1.17. The van der Waals surface area contributed by atoms with Crippen LogP contribution in [0.4, 0.5) is 8.78 Å². The van der Waals surface area contributed by atoms with Gasteiger partial charge in [-0.25, -0.2) is 18.6 Å². The number of hydrogen-bond acceptors (Lipinski definition) is 4. The minimum atomic E-state index is -2.89. The Labute approximate surface area is 125 Å². The number of rotatable bonds is 2. The van der Waals surface area contributed by atoms with Crippen LogP contribution in [-0.2, 0) is 0 Å². The Hall–Kier alpha value is -0.973. The first-order valence-corrected chi connectivity index (χ1v) is 6.06. The number of carbonyl (C=O) groups is 2. The summed E-state index contributed by atoms with van der Waals surface area (Å²) in [5, 5.41) is 9.73. The van der Waals surface area contributed by atoms with Crippen LogP contribution in [0, 0.1) is 0 Å². The van der Waals surface area contributed by atoms with Crippen LogP contribution >= 0.6 is 11.3 Å². The van der Waals surface area contributed by atoms with E-state index >= 15 is 0 Å². The van der Waals surface area contributed by atoms with E-state index in [-0.39, 0.29) is 37.4 Å². The van der Waals surface area contributed by atoms with E-state index in [1.807, 2.05) is 0 Å². The van der Waals surface area contributed by atoms with Gasteiger partial charge in [0.1, 0.15) is 5.69 Å². The molecule has 0 bridgehead atoms. The zero-order chi connectivity index (χ0) is 13.5. The number of hydrogen-bond donors (Lipinski definition) is 1. The van der Waals surface area contributed by atoms with Gasteiger partial charge < -0.3 is 11.4 Å². The van der Waals surface area contributed by atoms with Crippen molar-refractivity contribution in [2.75, 3.05) is 6.54 Å². The van der Waals surface area contributed by atoms with Crippen molar-refractivity contribution in [1.82, 2.24) is 9.88 Å². The van der Waals surface area contributed by atoms with Crippen molar-refractivity contribution in [1.29, 1.82) is 0 Å². The number of carboxylic acids is 1. The van der Waals surface area contributed by atoms with E-state index in [0.717, 1.165) is 16.2 Å². The molecule has 1 amide bonds. The van der Waals surface area contributed by atoms with Gasteiger partial charge in [-0.05, 0) is 6.92 Å². The van der Waals surface area contributed by atoms with E-state index in [1.54, 1.807) is 0 Å². The van der Waals surface area contributed by atoms with Gasteiger partial charge in [-0.2, -0.15) is 0 Å². The Morgan fingerprint density at radius 1 is 1.63 bits per heavy atom. The molecular weight excluding hydrogens is 273 g/mol. The molecule has 0 aromatic carbocycles. The molecule has 1 aliphatic rings. The number of likely N-dealkylation sites (tertiary alicyclic amines) is 1. The molecule has 1 aliphatic heterocycles. The van der Waals surface area contributed by atoms with Crippen LogP contribution in [0.5, 0.6) is 0 Å². The second-order valence-electron chi connectivity index (χ2n) is 4.19. The molecular formula is C10H11F2LiN2O3S. The zero-order valence-corrected chi connectivity index (χ0v) is 11.2. The van der Waals surface area contributed by atoms with Gasteiger partial charge in [0, 0.05) is 17.8 Å². The average molecular weight is 284 g/mol. The van der Waals surface area contributed by atoms with E-state index in [0.29, 0.717) is 0 Å². The van der Waals surface area contributed by atoms with Crippen molar-refractivity contribution < 1.29 is 43.8 Å². The molecule has 2 heterocycles. The molecule has 1 aromatic heterocycles. The Morgan fingerprint density at radius 2 is 2.26 bits per heavy atom. The van der Waals surface area contributed by atoms with Crippen LogP contribution in [0.25, 0.3) is 0 Å². The SMILES string of the molecule is CC1CC(F)(F)CN1C(=O)c1csc(C(=O)O)n1.[H-].[Li+]. The van der Waals surface area contributed by atoms with Crippen LogP contribution in [0.15, 0.2) is 5.38 Å². The van der Waals surface area contributed by atoms with E-state index in [1.165, 1.54) is 12.3 Å². The van der Waals surface area contributed by atoms with Crippen LogP contribution in [0.3, 0.4) is 0 Å². The van der Waals surface area contributed by atoms with Crippen LogP contribution in [0.1, 0.15) is 35.1 Å². The van der Waals surface area contributed by atoms with Crippen molar-refractivity contribution in [2.24, 2.45) is 0 Å². The summed E-state index contributed by atoms with van der Waals surface area (Å²) in [5.41, 5.74) is -0.0954. The number of carboxylic acid groups (broad SMARTS) is 1. The maximum atomic E-state index is 13.1.